The monoisotopic (exact) mass is 202 g/mol. The van der Waals surface area contributed by atoms with Crippen molar-refractivity contribution >= 4 is 5.57 Å². The second-order valence-corrected chi connectivity index (χ2v) is 3.67. The Morgan fingerprint density at radius 3 is 2.47 bits per heavy atom. The van der Waals surface area contributed by atoms with E-state index in [2.05, 4.69) is 13.2 Å². The SMILES string of the molecule is C=C(C)/C=C\C(=C)c1ccc(F)c(C)c1. The lowest BCUT2D eigenvalue weighted by atomic mass is 10.0. The Labute approximate surface area is 90.4 Å². The maximum Gasteiger partial charge on any atom is 0.126 e. The first kappa shape index (κ1) is 11.4. The van der Waals surface area contributed by atoms with Crippen LogP contribution in [0.1, 0.15) is 18.1 Å². The van der Waals surface area contributed by atoms with Gasteiger partial charge in [0.25, 0.3) is 0 Å². The molecule has 0 aliphatic carbocycles. The van der Waals surface area contributed by atoms with Crippen molar-refractivity contribution in [3.63, 3.8) is 0 Å². The van der Waals surface area contributed by atoms with Crippen LogP contribution in [0.15, 0.2) is 49.1 Å². The van der Waals surface area contributed by atoms with Crippen LogP contribution in [0.3, 0.4) is 0 Å². The summed E-state index contributed by atoms with van der Waals surface area (Å²) in [5.74, 6) is -0.185. The van der Waals surface area contributed by atoms with E-state index in [0.29, 0.717) is 5.56 Å². The molecule has 0 unspecified atom stereocenters. The van der Waals surface area contributed by atoms with Crippen LogP contribution >= 0.6 is 0 Å². The summed E-state index contributed by atoms with van der Waals surface area (Å²) >= 11 is 0. The van der Waals surface area contributed by atoms with Crippen LogP contribution in [0.5, 0.6) is 0 Å². The van der Waals surface area contributed by atoms with Crippen molar-refractivity contribution < 1.29 is 4.39 Å². The van der Waals surface area contributed by atoms with Crippen molar-refractivity contribution in [2.45, 2.75) is 13.8 Å². The molecule has 0 saturated heterocycles. The molecule has 1 aromatic rings. The molecule has 0 aliphatic heterocycles. The van der Waals surface area contributed by atoms with Crippen molar-refractivity contribution in [3.05, 3.63) is 66.0 Å². The average molecular weight is 202 g/mol. The van der Waals surface area contributed by atoms with E-state index in [1.165, 1.54) is 6.07 Å². The van der Waals surface area contributed by atoms with Gasteiger partial charge in [-0.25, -0.2) is 4.39 Å². The van der Waals surface area contributed by atoms with Crippen molar-refractivity contribution in [3.8, 4) is 0 Å². The number of halogens is 1. The summed E-state index contributed by atoms with van der Waals surface area (Å²) in [6, 6.07) is 4.98. The van der Waals surface area contributed by atoms with Gasteiger partial charge in [0.05, 0.1) is 0 Å². The van der Waals surface area contributed by atoms with E-state index in [1.807, 2.05) is 19.1 Å². The lowest BCUT2D eigenvalue weighted by molar-refractivity contribution is 0.618. The molecule has 1 heteroatoms. The molecule has 0 heterocycles. The Bertz CT molecular complexity index is 425. The minimum atomic E-state index is -0.185. The van der Waals surface area contributed by atoms with E-state index in [4.69, 9.17) is 0 Å². The lowest BCUT2D eigenvalue weighted by Crippen LogP contribution is -1.85. The second-order valence-electron chi connectivity index (χ2n) is 3.67. The van der Waals surface area contributed by atoms with Gasteiger partial charge in [-0.15, -0.1) is 0 Å². The van der Waals surface area contributed by atoms with Gasteiger partial charge < -0.3 is 0 Å². The van der Waals surface area contributed by atoms with Crippen molar-refractivity contribution in [2.75, 3.05) is 0 Å². The maximum atomic E-state index is 13.0. The van der Waals surface area contributed by atoms with E-state index >= 15 is 0 Å². The summed E-state index contributed by atoms with van der Waals surface area (Å²) in [5.41, 5.74) is 3.40. The Morgan fingerprint density at radius 1 is 1.27 bits per heavy atom. The first-order valence-electron chi connectivity index (χ1n) is 4.79. The van der Waals surface area contributed by atoms with Crippen LogP contribution in [-0.2, 0) is 0 Å². The number of hydrogen-bond acceptors (Lipinski definition) is 0. The smallest absolute Gasteiger partial charge is 0.126 e. The Balaban J connectivity index is 2.92. The van der Waals surface area contributed by atoms with Gasteiger partial charge in [-0.1, -0.05) is 36.9 Å². The predicted octanol–water partition coefficient (Wildman–Crippen LogP) is 4.28. The van der Waals surface area contributed by atoms with Crippen LogP contribution in [0, 0.1) is 12.7 Å². The van der Waals surface area contributed by atoms with Crippen LogP contribution in [-0.4, -0.2) is 0 Å². The van der Waals surface area contributed by atoms with Gasteiger partial charge in [-0.2, -0.15) is 0 Å². The van der Waals surface area contributed by atoms with Gasteiger partial charge in [-0.05, 0) is 42.7 Å². The first-order valence-corrected chi connectivity index (χ1v) is 4.79. The summed E-state index contributed by atoms with van der Waals surface area (Å²) in [6.07, 6.45) is 3.77. The second kappa shape index (κ2) is 4.74. The van der Waals surface area contributed by atoms with Crippen molar-refractivity contribution in [2.24, 2.45) is 0 Å². The van der Waals surface area contributed by atoms with E-state index in [0.717, 1.165) is 16.7 Å². The molecular formula is C14H15F. The van der Waals surface area contributed by atoms with Gasteiger partial charge in [0, 0.05) is 0 Å². The standard InChI is InChI=1S/C14H15F/c1-10(2)5-6-11(3)13-7-8-14(15)12(4)9-13/h5-9H,1,3H2,2,4H3/b6-5-. The quantitative estimate of drug-likeness (QED) is 0.642. The molecule has 0 fully saturated rings. The summed E-state index contributed by atoms with van der Waals surface area (Å²) in [7, 11) is 0. The summed E-state index contributed by atoms with van der Waals surface area (Å²) in [4.78, 5) is 0. The Hall–Kier alpha value is -1.63. The van der Waals surface area contributed by atoms with E-state index < -0.39 is 0 Å². The summed E-state index contributed by atoms with van der Waals surface area (Å²) in [5, 5.41) is 0. The zero-order valence-electron chi connectivity index (χ0n) is 9.18. The number of rotatable bonds is 3. The highest BCUT2D eigenvalue weighted by Crippen LogP contribution is 2.17. The fourth-order valence-electron chi connectivity index (χ4n) is 1.18. The molecule has 0 aliphatic rings. The van der Waals surface area contributed by atoms with Gasteiger partial charge in [0.15, 0.2) is 0 Å². The van der Waals surface area contributed by atoms with E-state index in [1.54, 1.807) is 19.1 Å². The van der Waals surface area contributed by atoms with Crippen molar-refractivity contribution in [1.82, 2.24) is 0 Å². The normalized spacial score (nSPS) is 10.6. The van der Waals surface area contributed by atoms with E-state index in [9.17, 15) is 4.39 Å². The summed E-state index contributed by atoms with van der Waals surface area (Å²) < 4.78 is 13.0. The van der Waals surface area contributed by atoms with E-state index in [-0.39, 0.29) is 5.82 Å². The number of hydrogen-bond donors (Lipinski definition) is 0. The van der Waals surface area contributed by atoms with Crippen LogP contribution < -0.4 is 0 Å². The van der Waals surface area contributed by atoms with Crippen LogP contribution in [0.2, 0.25) is 0 Å². The molecule has 0 atom stereocenters. The molecule has 0 bridgehead atoms. The molecule has 78 valence electrons. The van der Waals surface area contributed by atoms with Gasteiger partial charge in [0.2, 0.25) is 0 Å². The maximum absolute atomic E-state index is 13.0. The third kappa shape index (κ3) is 3.21. The number of aryl methyl sites for hydroxylation is 1. The molecule has 0 spiro atoms. The Morgan fingerprint density at radius 2 is 1.93 bits per heavy atom. The highest BCUT2D eigenvalue weighted by molar-refractivity contribution is 5.72. The number of allylic oxidation sites excluding steroid dienone is 4. The van der Waals surface area contributed by atoms with Gasteiger partial charge >= 0.3 is 0 Å². The molecule has 1 aromatic carbocycles. The fourth-order valence-corrected chi connectivity index (χ4v) is 1.18. The first-order chi connectivity index (χ1) is 7.00. The molecule has 0 saturated carbocycles. The van der Waals surface area contributed by atoms with Crippen LogP contribution in [0.4, 0.5) is 4.39 Å². The molecule has 0 nitrogen and oxygen atoms in total. The molecule has 0 aromatic heterocycles. The lowest BCUT2D eigenvalue weighted by Gasteiger charge is -2.03. The third-order valence-electron chi connectivity index (χ3n) is 2.10. The summed E-state index contributed by atoms with van der Waals surface area (Å²) in [6.45, 7) is 11.3. The molecule has 0 radical (unpaired) electrons. The third-order valence-corrected chi connectivity index (χ3v) is 2.10. The Kier molecular flexibility index (Phi) is 3.62. The highest BCUT2D eigenvalue weighted by Gasteiger charge is 1.99. The highest BCUT2D eigenvalue weighted by atomic mass is 19.1. The van der Waals surface area contributed by atoms with Gasteiger partial charge in [0.1, 0.15) is 5.82 Å². The minimum absolute atomic E-state index is 0.185. The average Bonchev–Trinajstić information content (AvgIpc) is 2.18. The van der Waals surface area contributed by atoms with Crippen molar-refractivity contribution in [1.29, 1.82) is 0 Å². The largest absolute Gasteiger partial charge is 0.207 e. The number of benzene rings is 1. The predicted molar refractivity (Wildman–Crippen MR) is 64.1 cm³/mol. The molecule has 0 amide bonds. The molecule has 0 N–H and O–H groups in total. The van der Waals surface area contributed by atoms with Crippen LogP contribution in [0.25, 0.3) is 5.57 Å². The minimum Gasteiger partial charge on any atom is -0.207 e. The zero-order valence-corrected chi connectivity index (χ0v) is 9.18. The molecular weight excluding hydrogens is 187 g/mol. The fraction of sp³-hybridized carbons (Fsp3) is 0.143. The zero-order chi connectivity index (χ0) is 11.4. The molecule has 15 heavy (non-hydrogen) atoms. The van der Waals surface area contributed by atoms with Gasteiger partial charge in [-0.3, -0.25) is 0 Å². The molecule has 1 rings (SSSR count). The topological polar surface area (TPSA) is 0 Å².